The molecule has 1 atom stereocenters. The highest BCUT2D eigenvalue weighted by molar-refractivity contribution is 6.39. The van der Waals surface area contributed by atoms with Crippen molar-refractivity contribution in [2.45, 2.75) is 45.7 Å². The fourth-order valence-electron chi connectivity index (χ4n) is 2.22. The molecule has 0 spiro atoms. The van der Waals surface area contributed by atoms with Crippen LogP contribution in [0.2, 0.25) is 0 Å². The number of amides is 2. The third-order valence-electron chi connectivity index (χ3n) is 3.73. The van der Waals surface area contributed by atoms with Crippen LogP contribution in [0.5, 0.6) is 0 Å². The summed E-state index contributed by atoms with van der Waals surface area (Å²) in [5.41, 5.74) is 3.92. The van der Waals surface area contributed by atoms with Gasteiger partial charge in [-0.05, 0) is 18.9 Å². The standard InChI is InChI=1S/C16H21N3O2/c1-3-12(2)19(11-13-7-5-4-6-8-13)16(21)14-9-10-15(20)18-17-14/h4-8,12H,3,9-11H2,1-2H3,(H,18,20). The maximum Gasteiger partial charge on any atom is 0.270 e. The average Bonchev–Trinajstić information content (AvgIpc) is 2.53. The second kappa shape index (κ2) is 7.02. The van der Waals surface area contributed by atoms with Crippen LogP contribution in [0, 0.1) is 0 Å². The minimum Gasteiger partial charge on any atom is -0.331 e. The van der Waals surface area contributed by atoms with Crippen molar-refractivity contribution in [3.63, 3.8) is 0 Å². The van der Waals surface area contributed by atoms with Crippen LogP contribution in [-0.4, -0.2) is 28.5 Å². The number of hydrogen-bond acceptors (Lipinski definition) is 3. The molecule has 5 heteroatoms. The summed E-state index contributed by atoms with van der Waals surface area (Å²) in [6.07, 6.45) is 1.61. The van der Waals surface area contributed by atoms with Gasteiger partial charge in [-0.25, -0.2) is 5.43 Å². The first-order valence-electron chi connectivity index (χ1n) is 7.32. The van der Waals surface area contributed by atoms with Gasteiger partial charge in [-0.3, -0.25) is 9.59 Å². The molecule has 0 fully saturated rings. The normalized spacial score (nSPS) is 15.9. The van der Waals surface area contributed by atoms with Crippen LogP contribution >= 0.6 is 0 Å². The molecule has 0 saturated heterocycles. The number of nitrogens with one attached hydrogen (secondary N) is 1. The van der Waals surface area contributed by atoms with E-state index in [0.717, 1.165) is 12.0 Å². The third-order valence-corrected chi connectivity index (χ3v) is 3.73. The molecule has 5 nitrogen and oxygen atoms in total. The lowest BCUT2D eigenvalue weighted by Gasteiger charge is -2.29. The first-order chi connectivity index (χ1) is 10.1. The van der Waals surface area contributed by atoms with Crippen molar-refractivity contribution in [3.05, 3.63) is 35.9 Å². The zero-order valence-electron chi connectivity index (χ0n) is 12.5. The average molecular weight is 287 g/mol. The highest BCUT2D eigenvalue weighted by Gasteiger charge is 2.26. The number of hydrazone groups is 1. The summed E-state index contributed by atoms with van der Waals surface area (Å²) in [6, 6.07) is 10.0. The van der Waals surface area contributed by atoms with Crippen LogP contribution in [0.3, 0.4) is 0 Å². The number of hydrogen-bond donors (Lipinski definition) is 1. The molecule has 0 radical (unpaired) electrons. The van der Waals surface area contributed by atoms with Gasteiger partial charge >= 0.3 is 0 Å². The Balaban J connectivity index is 2.16. The molecule has 0 aromatic heterocycles. The molecule has 1 unspecified atom stereocenters. The molecular weight excluding hydrogens is 266 g/mol. The van der Waals surface area contributed by atoms with Crippen molar-refractivity contribution in [2.24, 2.45) is 5.10 Å². The second-order valence-electron chi connectivity index (χ2n) is 5.27. The summed E-state index contributed by atoms with van der Waals surface area (Å²) < 4.78 is 0. The SMILES string of the molecule is CCC(C)N(Cc1ccccc1)C(=O)C1=NNC(=O)CC1. The monoisotopic (exact) mass is 287 g/mol. The summed E-state index contributed by atoms with van der Waals surface area (Å²) >= 11 is 0. The van der Waals surface area contributed by atoms with E-state index in [1.54, 1.807) is 0 Å². The van der Waals surface area contributed by atoms with Gasteiger partial charge in [0.25, 0.3) is 5.91 Å². The van der Waals surface area contributed by atoms with Crippen molar-refractivity contribution in [1.82, 2.24) is 10.3 Å². The van der Waals surface area contributed by atoms with Gasteiger partial charge in [-0.2, -0.15) is 5.10 Å². The Kier molecular flexibility index (Phi) is 5.09. The topological polar surface area (TPSA) is 61.8 Å². The maximum atomic E-state index is 12.7. The van der Waals surface area contributed by atoms with Gasteiger partial charge in [-0.15, -0.1) is 0 Å². The second-order valence-corrected chi connectivity index (χ2v) is 5.27. The summed E-state index contributed by atoms with van der Waals surface area (Å²) in [4.78, 5) is 25.6. The van der Waals surface area contributed by atoms with E-state index in [1.807, 2.05) is 42.2 Å². The number of carbonyl (C=O) groups excluding carboxylic acids is 2. The molecule has 0 bridgehead atoms. The molecule has 2 rings (SSSR count). The van der Waals surface area contributed by atoms with E-state index in [1.165, 1.54) is 0 Å². The Morgan fingerprint density at radius 3 is 2.62 bits per heavy atom. The largest absolute Gasteiger partial charge is 0.331 e. The lowest BCUT2D eigenvalue weighted by atomic mass is 10.1. The molecule has 2 amide bonds. The van der Waals surface area contributed by atoms with Crippen molar-refractivity contribution >= 4 is 17.5 Å². The van der Waals surface area contributed by atoms with E-state index in [-0.39, 0.29) is 17.9 Å². The molecule has 1 aromatic rings. The summed E-state index contributed by atoms with van der Waals surface area (Å²) in [7, 11) is 0. The Labute approximate surface area is 125 Å². The lowest BCUT2D eigenvalue weighted by molar-refractivity contribution is -0.127. The lowest BCUT2D eigenvalue weighted by Crippen LogP contribution is -2.44. The van der Waals surface area contributed by atoms with Crippen LogP contribution in [0.25, 0.3) is 0 Å². The Bertz CT molecular complexity index is 540. The van der Waals surface area contributed by atoms with Crippen molar-refractivity contribution in [3.8, 4) is 0 Å². The van der Waals surface area contributed by atoms with E-state index in [0.29, 0.717) is 25.1 Å². The van der Waals surface area contributed by atoms with Gasteiger partial charge in [0, 0.05) is 25.4 Å². The van der Waals surface area contributed by atoms with E-state index in [4.69, 9.17) is 0 Å². The van der Waals surface area contributed by atoms with E-state index < -0.39 is 0 Å². The van der Waals surface area contributed by atoms with E-state index in [2.05, 4.69) is 17.5 Å². The summed E-state index contributed by atoms with van der Waals surface area (Å²) in [6.45, 7) is 4.64. The molecule has 1 heterocycles. The molecule has 21 heavy (non-hydrogen) atoms. The molecule has 1 aliphatic heterocycles. The predicted molar refractivity (Wildman–Crippen MR) is 81.6 cm³/mol. The number of rotatable bonds is 5. The predicted octanol–water partition coefficient (Wildman–Crippen LogP) is 2.08. The third kappa shape index (κ3) is 3.90. The van der Waals surface area contributed by atoms with Gasteiger partial charge in [-0.1, -0.05) is 37.3 Å². The number of benzene rings is 1. The molecule has 0 aliphatic carbocycles. The molecule has 112 valence electrons. The van der Waals surface area contributed by atoms with Crippen molar-refractivity contribution in [1.29, 1.82) is 0 Å². The van der Waals surface area contributed by atoms with Crippen molar-refractivity contribution < 1.29 is 9.59 Å². The molecule has 1 aromatic carbocycles. The highest BCUT2D eigenvalue weighted by atomic mass is 16.2. The van der Waals surface area contributed by atoms with Crippen molar-refractivity contribution in [2.75, 3.05) is 0 Å². The van der Waals surface area contributed by atoms with Gasteiger partial charge < -0.3 is 4.90 Å². The molecule has 1 N–H and O–H groups in total. The highest BCUT2D eigenvalue weighted by Crippen LogP contribution is 2.14. The number of nitrogens with zero attached hydrogens (tertiary/aromatic N) is 2. The minimum atomic E-state index is -0.135. The summed E-state index contributed by atoms with van der Waals surface area (Å²) in [5.74, 6) is -0.224. The smallest absolute Gasteiger partial charge is 0.270 e. The fraction of sp³-hybridized carbons (Fsp3) is 0.438. The Morgan fingerprint density at radius 2 is 2.05 bits per heavy atom. The van der Waals surface area contributed by atoms with E-state index >= 15 is 0 Å². The zero-order valence-corrected chi connectivity index (χ0v) is 12.5. The van der Waals surface area contributed by atoms with Crippen LogP contribution in [-0.2, 0) is 16.1 Å². The van der Waals surface area contributed by atoms with Gasteiger partial charge in [0.2, 0.25) is 5.91 Å². The van der Waals surface area contributed by atoms with Crippen LogP contribution in [0.4, 0.5) is 0 Å². The summed E-state index contributed by atoms with van der Waals surface area (Å²) in [5, 5.41) is 3.92. The minimum absolute atomic E-state index is 0.0896. The fourth-order valence-corrected chi connectivity index (χ4v) is 2.22. The first kappa shape index (κ1) is 15.2. The Hall–Kier alpha value is -2.17. The molecular formula is C16H21N3O2. The van der Waals surface area contributed by atoms with Gasteiger partial charge in [0.1, 0.15) is 5.71 Å². The van der Waals surface area contributed by atoms with E-state index in [9.17, 15) is 9.59 Å². The van der Waals surface area contributed by atoms with Gasteiger partial charge in [0.15, 0.2) is 0 Å². The first-order valence-corrected chi connectivity index (χ1v) is 7.32. The Morgan fingerprint density at radius 1 is 1.33 bits per heavy atom. The quantitative estimate of drug-likeness (QED) is 0.901. The van der Waals surface area contributed by atoms with Crippen LogP contribution in [0.1, 0.15) is 38.7 Å². The van der Waals surface area contributed by atoms with Crippen LogP contribution in [0.15, 0.2) is 35.4 Å². The van der Waals surface area contributed by atoms with Gasteiger partial charge in [0.05, 0.1) is 0 Å². The maximum absolute atomic E-state index is 12.7. The zero-order chi connectivity index (χ0) is 15.2. The molecule has 1 aliphatic rings. The number of carbonyl (C=O) groups is 2. The van der Waals surface area contributed by atoms with Crippen LogP contribution < -0.4 is 5.43 Å². The molecule has 0 saturated carbocycles.